The fourth-order valence-corrected chi connectivity index (χ4v) is 2.90. The molecule has 7 heteroatoms. The Morgan fingerprint density at radius 2 is 1.83 bits per heavy atom. The van der Waals surface area contributed by atoms with E-state index in [1.54, 1.807) is 13.3 Å². The molecule has 30 heavy (non-hydrogen) atoms. The number of benzene rings is 2. The average molecular weight is 408 g/mol. The normalized spacial score (nSPS) is 12.3. The Hall–Kier alpha value is -3.48. The maximum absolute atomic E-state index is 6.00. The van der Waals surface area contributed by atoms with E-state index < -0.39 is 0 Å². The van der Waals surface area contributed by atoms with Crippen LogP contribution >= 0.6 is 0 Å². The first kappa shape index (κ1) is 21.2. The van der Waals surface area contributed by atoms with Crippen molar-refractivity contribution in [2.75, 3.05) is 20.2 Å². The highest BCUT2D eigenvalue weighted by Gasteiger charge is 2.09. The van der Waals surface area contributed by atoms with Gasteiger partial charge in [-0.1, -0.05) is 24.3 Å². The van der Waals surface area contributed by atoms with Gasteiger partial charge in [-0.15, -0.1) is 0 Å². The Morgan fingerprint density at radius 1 is 1.07 bits per heavy atom. The van der Waals surface area contributed by atoms with E-state index in [9.17, 15) is 0 Å². The van der Waals surface area contributed by atoms with Gasteiger partial charge in [-0.05, 0) is 49.7 Å². The summed E-state index contributed by atoms with van der Waals surface area (Å²) >= 11 is 0. The summed E-state index contributed by atoms with van der Waals surface area (Å²) in [5.41, 5.74) is 2.15. The maximum atomic E-state index is 6.00. The standard InChI is InChI=1S/C23H29N5O2/c1-4-24-23(25-16-18(2)30-22-9-6-5-8-21(22)29-3)26-17-19-10-12-20(13-11-19)28-15-7-14-27-28/h5-15,18H,4,16-17H2,1-3H3,(H2,24,25,26). The Labute approximate surface area is 177 Å². The van der Waals surface area contributed by atoms with Crippen molar-refractivity contribution in [3.8, 4) is 17.2 Å². The molecule has 7 nitrogen and oxygen atoms in total. The van der Waals surface area contributed by atoms with Gasteiger partial charge in [0.15, 0.2) is 17.5 Å². The molecule has 3 aromatic rings. The van der Waals surface area contributed by atoms with E-state index >= 15 is 0 Å². The molecule has 0 spiro atoms. The molecule has 1 heterocycles. The van der Waals surface area contributed by atoms with Crippen molar-refractivity contribution < 1.29 is 9.47 Å². The van der Waals surface area contributed by atoms with Crippen molar-refractivity contribution in [1.29, 1.82) is 0 Å². The van der Waals surface area contributed by atoms with Gasteiger partial charge in [0.25, 0.3) is 0 Å². The average Bonchev–Trinajstić information content (AvgIpc) is 3.31. The number of guanidine groups is 1. The minimum Gasteiger partial charge on any atom is -0.493 e. The third kappa shape index (κ3) is 6.01. The van der Waals surface area contributed by atoms with Crippen LogP contribution in [0.1, 0.15) is 19.4 Å². The zero-order chi connectivity index (χ0) is 21.2. The Morgan fingerprint density at radius 3 is 2.50 bits per heavy atom. The van der Waals surface area contributed by atoms with Crippen molar-refractivity contribution >= 4 is 5.96 Å². The third-order valence-corrected chi connectivity index (χ3v) is 4.42. The number of aromatic nitrogens is 2. The van der Waals surface area contributed by atoms with Crippen molar-refractivity contribution in [1.82, 2.24) is 20.4 Å². The fourth-order valence-electron chi connectivity index (χ4n) is 2.90. The van der Waals surface area contributed by atoms with Gasteiger partial charge in [0.1, 0.15) is 6.10 Å². The Bertz CT molecular complexity index is 923. The van der Waals surface area contributed by atoms with Gasteiger partial charge in [0.2, 0.25) is 0 Å². The molecule has 2 aromatic carbocycles. The fraction of sp³-hybridized carbons (Fsp3) is 0.304. The highest BCUT2D eigenvalue weighted by atomic mass is 16.5. The molecule has 0 aliphatic rings. The molecular formula is C23H29N5O2. The minimum atomic E-state index is -0.0569. The first-order valence-electron chi connectivity index (χ1n) is 10.1. The number of rotatable bonds is 9. The largest absolute Gasteiger partial charge is 0.493 e. The molecule has 0 saturated heterocycles. The monoisotopic (exact) mass is 407 g/mol. The smallest absolute Gasteiger partial charge is 0.191 e. The van der Waals surface area contributed by atoms with Gasteiger partial charge in [0.05, 0.1) is 25.9 Å². The lowest BCUT2D eigenvalue weighted by Crippen LogP contribution is -2.41. The molecule has 0 aliphatic carbocycles. The molecule has 0 radical (unpaired) electrons. The SMILES string of the molecule is CCNC(=NCc1ccc(-n2cccn2)cc1)NCC(C)Oc1ccccc1OC. The van der Waals surface area contributed by atoms with Crippen molar-refractivity contribution in [2.24, 2.45) is 4.99 Å². The quantitative estimate of drug-likeness (QED) is 0.420. The first-order chi connectivity index (χ1) is 14.7. The topological polar surface area (TPSA) is 72.7 Å². The summed E-state index contributed by atoms with van der Waals surface area (Å²) in [6.07, 6.45) is 3.64. The second-order valence-corrected chi connectivity index (χ2v) is 6.77. The van der Waals surface area contributed by atoms with Crippen LogP contribution < -0.4 is 20.1 Å². The zero-order valence-electron chi connectivity index (χ0n) is 17.7. The number of aliphatic imine (C=N–C) groups is 1. The molecule has 3 rings (SSSR count). The molecule has 158 valence electrons. The van der Waals surface area contributed by atoms with E-state index in [1.807, 2.05) is 67.2 Å². The molecule has 0 aliphatic heterocycles. The van der Waals surface area contributed by atoms with Crippen LogP contribution in [0.5, 0.6) is 11.5 Å². The van der Waals surface area contributed by atoms with Gasteiger partial charge < -0.3 is 20.1 Å². The first-order valence-corrected chi connectivity index (χ1v) is 10.1. The van der Waals surface area contributed by atoms with Crippen LogP contribution in [-0.4, -0.2) is 42.0 Å². The Balaban J connectivity index is 1.55. The number of ether oxygens (including phenoxy) is 2. The lowest BCUT2D eigenvalue weighted by atomic mass is 10.2. The summed E-state index contributed by atoms with van der Waals surface area (Å²) in [6.45, 7) is 6.03. The van der Waals surface area contributed by atoms with Crippen LogP contribution in [-0.2, 0) is 6.54 Å². The van der Waals surface area contributed by atoms with Gasteiger partial charge in [-0.2, -0.15) is 5.10 Å². The molecule has 0 fully saturated rings. The van der Waals surface area contributed by atoms with Crippen LogP contribution in [0.2, 0.25) is 0 Å². The van der Waals surface area contributed by atoms with E-state index in [1.165, 1.54) is 0 Å². The number of nitrogens with zero attached hydrogens (tertiary/aromatic N) is 3. The lowest BCUT2D eigenvalue weighted by molar-refractivity contribution is 0.213. The Kier molecular flexibility index (Phi) is 7.71. The summed E-state index contributed by atoms with van der Waals surface area (Å²) in [5, 5.41) is 10.9. The molecule has 2 N–H and O–H groups in total. The van der Waals surface area contributed by atoms with Crippen molar-refractivity contribution in [3.05, 3.63) is 72.6 Å². The molecule has 0 bridgehead atoms. The van der Waals surface area contributed by atoms with E-state index in [2.05, 4.69) is 32.9 Å². The predicted molar refractivity (Wildman–Crippen MR) is 119 cm³/mol. The van der Waals surface area contributed by atoms with Crippen molar-refractivity contribution in [3.63, 3.8) is 0 Å². The maximum Gasteiger partial charge on any atom is 0.191 e. The molecule has 0 amide bonds. The molecule has 1 aromatic heterocycles. The number of hydrogen-bond acceptors (Lipinski definition) is 4. The third-order valence-electron chi connectivity index (χ3n) is 4.42. The summed E-state index contributed by atoms with van der Waals surface area (Å²) in [4.78, 5) is 4.68. The van der Waals surface area contributed by atoms with E-state index in [-0.39, 0.29) is 6.10 Å². The van der Waals surface area contributed by atoms with Gasteiger partial charge >= 0.3 is 0 Å². The summed E-state index contributed by atoms with van der Waals surface area (Å²) < 4.78 is 13.2. The second kappa shape index (κ2) is 10.9. The molecule has 0 saturated carbocycles. The van der Waals surface area contributed by atoms with Crippen LogP contribution in [0.3, 0.4) is 0 Å². The lowest BCUT2D eigenvalue weighted by Gasteiger charge is -2.19. The van der Waals surface area contributed by atoms with E-state index in [4.69, 9.17) is 9.47 Å². The number of hydrogen-bond donors (Lipinski definition) is 2. The summed E-state index contributed by atoms with van der Waals surface area (Å²) in [6, 6.07) is 17.8. The van der Waals surface area contributed by atoms with Crippen LogP contribution in [0, 0.1) is 0 Å². The van der Waals surface area contributed by atoms with Crippen molar-refractivity contribution in [2.45, 2.75) is 26.5 Å². The number of nitrogens with one attached hydrogen (secondary N) is 2. The zero-order valence-corrected chi connectivity index (χ0v) is 17.7. The highest BCUT2D eigenvalue weighted by molar-refractivity contribution is 5.79. The van der Waals surface area contributed by atoms with Gasteiger partial charge in [-0.3, -0.25) is 0 Å². The molecule has 1 atom stereocenters. The van der Waals surface area contributed by atoms with Gasteiger partial charge in [0, 0.05) is 18.9 Å². The van der Waals surface area contributed by atoms with Gasteiger partial charge in [-0.25, -0.2) is 9.67 Å². The predicted octanol–water partition coefficient (Wildman–Crippen LogP) is 3.40. The molecular weight excluding hydrogens is 378 g/mol. The minimum absolute atomic E-state index is 0.0569. The second-order valence-electron chi connectivity index (χ2n) is 6.77. The summed E-state index contributed by atoms with van der Waals surface area (Å²) in [5.74, 6) is 2.21. The number of methoxy groups -OCH3 is 1. The van der Waals surface area contributed by atoms with E-state index in [0.717, 1.165) is 35.3 Å². The molecule has 1 unspecified atom stereocenters. The van der Waals surface area contributed by atoms with Crippen LogP contribution in [0.4, 0.5) is 0 Å². The highest BCUT2D eigenvalue weighted by Crippen LogP contribution is 2.26. The van der Waals surface area contributed by atoms with E-state index in [0.29, 0.717) is 13.1 Å². The number of para-hydroxylation sites is 2. The van der Waals surface area contributed by atoms with Crippen LogP contribution in [0.15, 0.2) is 72.0 Å². The summed E-state index contributed by atoms with van der Waals surface area (Å²) in [7, 11) is 1.64. The van der Waals surface area contributed by atoms with Crippen LogP contribution in [0.25, 0.3) is 5.69 Å².